The summed E-state index contributed by atoms with van der Waals surface area (Å²) in [5.74, 6) is 7.21. The van der Waals surface area contributed by atoms with Gasteiger partial charge in [-0.15, -0.1) is 11.3 Å². The van der Waals surface area contributed by atoms with Crippen molar-refractivity contribution in [3.63, 3.8) is 0 Å². The molecule has 0 radical (unpaired) electrons. The number of hydrazine groups is 1. The average Bonchev–Trinajstić information content (AvgIpc) is 2.92. The summed E-state index contributed by atoms with van der Waals surface area (Å²) in [6, 6.07) is 0.0244. The Morgan fingerprint density at radius 1 is 1.40 bits per heavy atom. The van der Waals surface area contributed by atoms with Gasteiger partial charge in [0.2, 0.25) is 0 Å². The molecule has 0 saturated carbocycles. The van der Waals surface area contributed by atoms with Crippen LogP contribution in [-0.4, -0.2) is 19.7 Å². The van der Waals surface area contributed by atoms with Crippen LogP contribution < -0.4 is 11.3 Å². The lowest BCUT2D eigenvalue weighted by Crippen LogP contribution is -2.30. The van der Waals surface area contributed by atoms with Crippen molar-refractivity contribution in [1.29, 1.82) is 0 Å². The van der Waals surface area contributed by atoms with E-state index in [1.807, 2.05) is 18.5 Å². The molecule has 6 nitrogen and oxygen atoms in total. The second-order valence-corrected chi connectivity index (χ2v) is 6.59. The third-order valence-electron chi connectivity index (χ3n) is 3.08. The van der Waals surface area contributed by atoms with Crippen molar-refractivity contribution >= 4 is 11.3 Å². The zero-order chi connectivity index (χ0) is 14.7. The number of hydrogen-bond acceptors (Lipinski definition) is 6. The largest absolute Gasteiger partial charge is 0.271 e. The summed E-state index contributed by atoms with van der Waals surface area (Å²) in [6.07, 6.45) is 2.32. The van der Waals surface area contributed by atoms with Crippen LogP contribution in [0.1, 0.15) is 41.3 Å². The fourth-order valence-corrected chi connectivity index (χ4v) is 3.21. The van der Waals surface area contributed by atoms with Crippen molar-refractivity contribution in [2.24, 2.45) is 11.8 Å². The summed E-state index contributed by atoms with van der Waals surface area (Å²) >= 11 is 1.68. The molecule has 0 bridgehead atoms. The van der Waals surface area contributed by atoms with Crippen LogP contribution in [0.4, 0.5) is 0 Å². The van der Waals surface area contributed by atoms with E-state index >= 15 is 0 Å². The highest BCUT2D eigenvalue weighted by Gasteiger charge is 2.19. The Balaban J connectivity index is 2.18. The zero-order valence-electron chi connectivity index (χ0n) is 12.4. The molecule has 7 heteroatoms. The van der Waals surface area contributed by atoms with Crippen LogP contribution in [0.15, 0.2) is 6.33 Å². The van der Waals surface area contributed by atoms with Crippen molar-refractivity contribution < 1.29 is 0 Å². The minimum Gasteiger partial charge on any atom is -0.271 e. The van der Waals surface area contributed by atoms with Crippen LogP contribution in [0.2, 0.25) is 0 Å². The maximum Gasteiger partial charge on any atom is 0.138 e. The van der Waals surface area contributed by atoms with E-state index in [0.717, 1.165) is 23.1 Å². The summed E-state index contributed by atoms with van der Waals surface area (Å²) in [6.45, 7) is 9.23. The molecule has 0 spiro atoms. The van der Waals surface area contributed by atoms with Gasteiger partial charge in [0.15, 0.2) is 0 Å². The average molecular weight is 294 g/mol. The van der Waals surface area contributed by atoms with Gasteiger partial charge >= 0.3 is 0 Å². The zero-order valence-corrected chi connectivity index (χ0v) is 13.2. The fourth-order valence-electron chi connectivity index (χ4n) is 2.22. The van der Waals surface area contributed by atoms with Gasteiger partial charge in [-0.3, -0.25) is 11.3 Å². The second-order valence-electron chi connectivity index (χ2n) is 5.36. The summed E-state index contributed by atoms with van der Waals surface area (Å²) in [7, 11) is 0. The van der Waals surface area contributed by atoms with Gasteiger partial charge in [-0.1, -0.05) is 13.8 Å². The predicted molar refractivity (Wildman–Crippen MR) is 80.2 cm³/mol. The van der Waals surface area contributed by atoms with Gasteiger partial charge in [0.25, 0.3) is 0 Å². The van der Waals surface area contributed by atoms with Gasteiger partial charge in [0.1, 0.15) is 12.2 Å². The number of hydrogen-bond donors (Lipinski definition) is 2. The molecule has 2 heterocycles. The minimum atomic E-state index is 0.0244. The number of thiazole rings is 1. The molecule has 0 fully saturated rings. The highest BCUT2D eigenvalue weighted by atomic mass is 32.1. The van der Waals surface area contributed by atoms with Crippen LogP contribution in [0.5, 0.6) is 0 Å². The molecular weight excluding hydrogens is 272 g/mol. The van der Waals surface area contributed by atoms with Crippen LogP contribution >= 0.6 is 11.3 Å². The van der Waals surface area contributed by atoms with Gasteiger partial charge in [0.05, 0.1) is 16.7 Å². The summed E-state index contributed by atoms with van der Waals surface area (Å²) < 4.78 is 1.96. The van der Waals surface area contributed by atoms with Crippen molar-refractivity contribution in [2.75, 3.05) is 0 Å². The number of rotatable bonds is 6. The van der Waals surface area contributed by atoms with Crippen molar-refractivity contribution in [3.8, 4) is 0 Å². The van der Waals surface area contributed by atoms with Gasteiger partial charge in [-0.25, -0.2) is 14.6 Å². The molecule has 110 valence electrons. The molecule has 0 amide bonds. The van der Waals surface area contributed by atoms with Crippen LogP contribution in [0, 0.1) is 19.8 Å². The van der Waals surface area contributed by atoms with Gasteiger partial charge in [-0.05, 0) is 19.8 Å². The first-order valence-corrected chi connectivity index (χ1v) is 7.59. The Bertz CT molecular complexity index is 559. The van der Waals surface area contributed by atoms with Crippen LogP contribution in [-0.2, 0) is 13.0 Å². The SMILES string of the molecule is Cc1nc(C)c(C(Cc2ncnn2CC(C)C)NN)s1. The van der Waals surface area contributed by atoms with E-state index in [9.17, 15) is 0 Å². The van der Waals surface area contributed by atoms with E-state index < -0.39 is 0 Å². The minimum absolute atomic E-state index is 0.0244. The Morgan fingerprint density at radius 3 is 2.70 bits per heavy atom. The van der Waals surface area contributed by atoms with E-state index in [1.165, 1.54) is 4.88 Å². The summed E-state index contributed by atoms with van der Waals surface area (Å²) in [4.78, 5) is 9.99. The summed E-state index contributed by atoms with van der Waals surface area (Å²) in [5.41, 5.74) is 3.91. The molecule has 0 aromatic carbocycles. The number of nitrogens with zero attached hydrogens (tertiary/aromatic N) is 4. The maximum absolute atomic E-state index is 5.72. The van der Waals surface area contributed by atoms with Crippen molar-refractivity contribution in [2.45, 2.75) is 46.7 Å². The molecule has 1 atom stereocenters. The van der Waals surface area contributed by atoms with E-state index in [0.29, 0.717) is 12.3 Å². The number of nitrogens with one attached hydrogen (secondary N) is 1. The first-order valence-electron chi connectivity index (χ1n) is 6.78. The molecule has 20 heavy (non-hydrogen) atoms. The molecule has 0 aliphatic heterocycles. The molecule has 0 aliphatic rings. The van der Waals surface area contributed by atoms with E-state index in [4.69, 9.17) is 5.84 Å². The molecule has 2 aromatic rings. The molecule has 3 N–H and O–H groups in total. The lowest BCUT2D eigenvalue weighted by atomic mass is 10.1. The Morgan fingerprint density at radius 2 is 2.15 bits per heavy atom. The fraction of sp³-hybridized carbons (Fsp3) is 0.615. The Labute approximate surface area is 123 Å². The molecule has 0 aliphatic carbocycles. The third-order valence-corrected chi connectivity index (χ3v) is 4.26. The monoisotopic (exact) mass is 294 g/mol. The normalized spacial score (nSPS) is 13.1. The predicted octanol–water partition coefficient (Wildman–Crippen LogP) is 1.75. The molecule has 2 rings (SSSR count). The Hall–Kier alpha value is -1.31. The number of aromatic nitrogens is 4. The lowest BCUT2D eigenvalue weighted by Gasteiger charge is -2.15. The highest BCUT2D eigenvalue weighted by Crippen LogP contribution is 2.26. The number of aryl methyl sites for hydroxylation is 2. The molecular formula is C13H22N6S. The van der Waals surface area contributed by atoms with E-state index in [2.05, 4.69) is 34.3 Å². The number of nitrogens with two attached hydrogens (primary N) is 1. The second kappa shape index (κ2) is 6.43. The standard InChI is InChI=1S/C13H22N6S/c1-8(2)6-19-12(15-7-16-19)5-11(18-14)13-9(3)17-10(4)20-13/h7-8,11,18H,5-6,14H2,1-4H3. The lowest BCUT2D eigenvalue weighted by molar-refractivity contribution is 0.447. The smallest absolute Gasteiger partial charge is 0.138 e. The first-order chi connectivity index (χ1) is 9.51. The first kappa shape index (κ1) is 15.1. The van der Waals surface area contributed by atoms with Gasteiger partial charge in [0, 0.05) is 17.8 Å². The van der Waals surface area contributed by atoms with E-state index in [1.54, 1.807) is 17.7 Å². The van der Waals surface area contributed by atoms with Crippen LogP contribution in [0.25, 0.3) is 0 Å². The Kier molecular flexibility index (Phi) is 4.85. The van der Waals surface area contributed by atoms with Crippen LogP contribution in [0.3, 0.4) is 0 Å². The molecule has 2 aromatic heterocycles. The quantitative estimate of drug-likeness (QED) is 0.626. The third kappa shape index (κ3) is 3.41. The van der Waals surface area contributed by atoms with Crippen molar-refractivity contribution in [3.05, 3.63) is 27.7 Å². The van der Waals surface area contributed by atoms with Crippen molar-refractivity contribution in [1.82, 2.24) is 25.2 Å². The topological polar surface area (TPSA) is 81.7 Å². The molecule has 1 unspecified atom stereocenters. The highest BCUT2D eigenvalue weighted by molar-refractivity contribution is 7.11. The van der Waals surface area contributed by atoms with E-state index in [-0.39, 0.29) is 6.04 Å². The maximum atomic E-state index is 5.72. The van der Waals surface area contributed by atoms with Gasteiger partial charge in [-0.2, -0.15) is 5.10 Å². The molecule has 0 saturated heterocycles. The summed E-state index contributed by atoms with van der Waals surface area (Å²) in [5, 5.41) is 5.35. The van der Waals surface area contributed by atoms with Gasteiger partial charge < -0.3 is 0 Å².